The number of carboxylic acids is 1. The average molecular weight is 615 g/mol. The molecule has 2 bridgehead atoms. The van der Waals surface area contributed by atoms with Gasteiger partial charge in [0.25, 0.3) is 5.91 Å². The monoisotopic (exact) mass is 614 g/mol. The number of piperidine rings is 3. The number of amides is 1. The van der Waals surface area contributed by atoms with E-state index in [0.717, 1.165) is 25.9 Å². The number of ketones is 1. The van der Waals surface area contributed by atoms with Gasteiger partial charge < -0.3 is 24.4 Å². The number of carboxylic acid groups (broad SMARTS) is 1. The van der Waals surface area contributed by atoms with Crippen molar-refractivity contribution in [3.63, 3.8) is 0 Å². The topological polar surface area (TPSA) is 113 Å². The number of aliphatic carboxylic acids is 1. The summed E-state index contributed by atoms with van der Waals surface area (Å²) >= 11 is 0. The highest BCUT2D eigenvalue weighted by atomic mass is 19.4. The summed E-state index contributed by atoms with van der Waals surface area (Å²) in [7, 11) is 0. The summed E-state index contributed by atoms with van der Waals surface area (Å²) in [5.74, 6) is -4.14. The van der Waals surface area contributed by atoms with Crippen LogP contribution in [0.2, 0.25) is 0 Å². The van der Waals surface area contributed by atoms with E-state index in [1.54, 1.807) is 24.3 Å². The SMILES string of the molecule is O=C(C[N+]12CCC(CC1)[C@@H](OC(=O)C(NC(=O)c1ccc(F)cc1)c1ccccc1)C2)c1ccccc1.O=C([O-])C(F)(F)F. The number of nitrogens with one attached hydrogen (secondary N) is 1. The van der Waals surface area contributed by atoms with Crippen molar-refractivity contribution in [3.05, 3.63) is 107 Å². The first-order valence-corrected chi connectivity index (χ1v) is 13.9. The van der Waals surface area contributed by atoms with Crippen LogP contribution in [0.15, 0.2) is 84.9 Å². The van der Waals surface area contributed by atoms with Crippen molar-refractivity contribution in [3.8, 4) is 0 Å². The minimum absolute atomic E-state index is 0.0970. The van der Waals surface area contributed by atoms with Gasteiger partial charge in [0.05, 0.1) is 13.1 Å². The first kappa shape index (κ1) is 32.3. The number of hydrogen-bond acceptors (Lipinski definition) is 6. The molecule has 3 saturated heterocycles. The largest absolute Gasteiger partial charge is 0.542 e. The van der Waals surface area contributed by atoms with Crippen molar-refractivity contribution >= 4 is 23.6 Å². The van der Waals surface area contributed by atoms with Crippen LogP contribution in [0.3, 0.4) is 0 Å². The van der Waals surface area contributed by atoms with Gasteiger partial charge in [-0.15, -0.1) is 0 Å². The number of fused-ring (bicyclic) bond motifs is 3. The third-order valence-electron chi connectivity index (χ3n) is 7.87. The van der Waals surface area contributed by atoms with Gasteiger partial charge in [-0.1, -0.05) is 60.7 Å². The highest BCUT2D eigenvalue weighted by Gasteiger charge is 2.49. The van der Waals surface area contributed by atoms with Crippen LogP contribution in [-0.4, -0.2) is 66.6 Å². The standard InChI is InChI=1S/C30H29FN2O4.C2HF3O2/c31-25-13-11-24(12-14-25)29(35)32-28(23-9-5-2-6-10-23)30(36)37-27-20-33(17-15-22(27)16-18-33)19-26(34)21-7-3-1-4-8-21;3-2(4,5)1(6)7/h1-14,22,27-28H,15-20H2;(H,6,7)/t22?,27-,28?,33?;/m0./s1. The molecule has 3 aromatic rings. The number of quaternary nitrogens is 1. The number of benzene rings is 3. The molecule has 0 saturated carbocycles. The number of alkyl halides is 3. The summed E-state index contributed by atoms with van der Waals surface area (Å²) in [6.45, 7) is 2.75. The zero-order valence-electron chi connectivity index (χ0n) is 23.5. The number of hydrogen-bond donors (Lipinski definition) is 1. The first-order chi connectivity index (χ1) is 20.9. The lowest BCUT2D eigenvalue weighted by molar-refractivity contribution is -0.938. The summed E-state index contributed by atoms with van der Waals surface area (Å²) in [5, 5.41) is 11.6. The molecule has 8 nitrogen and oxygen atoms in total. The zero-order valence-corrected chi connectivity index (χ0v) is 23.5. The second-order valence-corrected chi connectivity index (χ2v) is 10.8. The molecule has 3 heterocycles. The molecule has 3 fully saturated rings. The molecule has 0 radical (unpaired) electrons. The Labute approximate surface area is 250 Å². The van der Waals surface area contributed by atoms with Crippen LogP contribution in [0.1, 0.15) is 45.2 Å². The maximum atomic E-state index is 13.5. The smallest absolute Gasteiger partial charge is 0.430 e. The average Bonchev–Trinajstić information content (AvgIpc) is 3.01. The fraction of sp³-hybridized carbons (Fsp3) is 0.312. The van der Waals surface area contributed by atoms with Crippen molar-refractivity contribution < 1.29 is 51.1 Å². The molecule has 0 spiro atoms. The molecule has 3 aliphatic rings. The Morgan fingerprint density at radius 3 is 1.95 bits per heavy atom. The Morgan fingerprint density at radius 1 is 0.864 bits per heavy atom. The van der Waals surface area contributed by atoms with E-state index in [0.29, 0.717) is 28.7 Å². The number of halogens is 4. The van der Waals surface area contributed by atoms with Crippen LogP contribution in [0.25, 0.3) is 0 Å². The maximum Gasteiger partial charge on any atom is 0.430 e. The van der Waals surface area contributed by atoms with Gasteiger partial charge in [0.15, 0.2) is 12.1 Å². The van der Waals surface area contributed by atoms with Crippen molar-refractivity contribution in [2.45, 2.75) is 31.2 Å². The van der Waals surface area contributed by atoms with Crippen molar-refractivity contribution in [2.75, 3.05) is 26.2 Å². The van der Waals surface area contributed by atoms with E-state index in [4.69, 9.17) is 14.6 Å². The van der Waals surface area contributed by atoms with Crippen molar-refractivity contribution in [1.29, 1.82) is 0 Å². The van der Waals surface area contributed by atoms with E-state index in [9.17, 15) is 31.9 Å². The van der Waals surface area contributed by atoms with E-state index < -0.39 is 35.9 Å². The normalized spacial score (nSPS) is 21.3. The number of carbonyl (C=O) groups is 4. The number of carbonyl (C=O) groups excluding carboxylic acids is 4. The molecule has 0 aromatic heterocycles. The minimum atomic E-state index is -5.19. The Kier molecular flexibility index (Phi) is 10.1. The van der Waals surface area contributed by atoms with Gasteiger partial charge >= 0.3 is 12.1 Å². The van der Waals surface area contributed by atoms with E-state index in [1.165, 1.54) is 24.3 Å². The second kappa shape index (κ2) is 13.8. The summed E-state index contributed by atoms with van der Waals surface area (Å²) in [4.78, 5) is 48.2. The van der Waals surface area contributed by atoms with Gasteiger partial charge in [-0.25, -0.2) is 9.18 Å². The Bertz CT molecular complexity index is 1460. The van der Waals surface area contributed by atoms with Gasteiger partial charge in [0, 0.05) is 29.9 Å². The Balaban J connectivity index is 0.000000566. The third-order valence-corrected chi connectivity index (χ3v) is 7.87. The molecular weight excluding hydrogens is 584 g/mol. The van der Waals surface area contributed by atoms with Gasteiger partial charge in [-0.05, 0) is 29.8 Å². The van der Waals surface area contributed by atoms with Crippen LogP contribution >= 0.6 is 0 Å². The fourth-order valence-electron chi connectivity index (χ4n) is 5.55. The quantitative estimate of drug-likeness (QED) is 0.180. The highest BCUT2D eigenvalue weighted by Crippen LogP contribution is 2.36. The summed E-state index contributed by atoms with van der Waals surface area (Å²) in [5.41, 5.74) is 1.55. The van der Waals surface area contributed by atoms with Crippen LogP contribution in [0.5, 0.6) is 0 Å². The molecule has 12 heteroatoms. The van der Waals surface area contributed by atoms with Gasteiger partial charge in [-0.3, -0.25) is 9.59 Å². The summed E-state index contributed by atoms with van der Waals surface area (Å²) < 4.78 is 51.5. The van der Waals surface area contributed by atoms with E-state index >= 15 is 0 Å². The molecule has 232 valence electrons. The molecule has 44 heavy (non-hydrogen) atoms. The molecule has 1 amide bonds. The molecule has 3 aliphatic heterocycles. The van der Waals surface area contributed by atoms with Gasteiger partial charge in [0.1, 0.15) is 24.9 Å². The maximum absolute atomic E-state index is 13.5. The number of esters is 1. The van der Waals surface area contributed by atoms with Crippen molar-refractivity contribution in [1.82, 2.24) is 5.32 Å². The predicted octanol–water partition coefficient (Wildman–Crippen LogP) is 3.63. The Hall–Kier alpha value is -4.58. The minimum Gasteiger partial charge on any atom is -0.542 e. The summed E-state index contributed by atoms with van der Waals surface area (Å²) in [6.07, 6.45) is -3.75. The molecule has 3 aromatic carbocycles. The second-order valence-electron chi connectivity index (χ2n) is 10.8. The first-order valence-electron chi connectivity index (χ1n) is 13.9. The Morgan fingerprint density at radius 2 is 1.41 bits per heavy atom. The molecule has 1 N–H and O–H groups in total. The fourth-order valence-corrected chi connectivity index (χ4v) is 5.55. The van der Waals surface area contributed by atoms with E-state index in [-0.39, 0.29) is 23.4 Å². The lowest BCUT2D eigenvalue weighted by Crippen LogP contribution is -2.66. The van der Waals surface area contributed by atoms with Crippen LogP contribution in [0, 0.1) is 11.7 Å². The zero-order chi connectivity index (χ0) is 31.9. The lowest BCUT2D eigenvalue weighted by atomic mass is 9.82. The lowest BCUT2D eigenvalue weighted by Gasteiger charge is -2.51. The highest BCUT2D eigenvalue weighted by molar-refractivity contribution is 5.97. The number of Topliss-reactive ketones (excluding diaryl/α,β-unsaturated/α-hetero) is 1. The molecule has 0 aliphatic carbocycles. The molecule has 2 atom stereocenters. The van der Waals surface area contributed by atoms with Gasteiger partial charge in [-0.2, -0.15) is 13.2 Å². The molecule has 6 rings (SSSR count). The van der Waals surface area contributed by atoms with Crippen LogP contribution in [0.4, 0.5) is 17.6 Å². The summed E-state index contributed by atoms with van der Waals surface area (Å²) in [6, 6.07) is 22.4. The van der Waals surface area contributed by atoms with Crippen LogP contribution in [-0.2, 0) is 14.3 Å². The number of nitrogens with zero attached hydrogens (tertiary/aromatic N) is 1. The van der Waals surface area contributed by atoms with Gasteiger partial charge in [0.2, 0.25) is 5.78 Å². The number of rotatable bonds is 8. The van der Waals surface area contributed by atoms with E-state index in [1.807, 2.05) is 36.4 Å². The molecular formula is C32H30F4N2O6. The van der Waals surface area contributed by atoms with Crippen molar-refractivity contribution in [2.24, 2.45) is 5.92 Å². The molecule has 1 unspecified atom stereocenters. The number of ether oxygens (including phenoxy) is 1. The predicted molar refractivity (Wildman–Crippen MR) is 147 cm³/mol. The van der Waals surface area contributed by atoms with E-state index in [2.05, 4.69) is 5.32 Å². The third kappa shape index (κ3) is 8.28. The van der Waals surface area contributed by atoms with Crippen LogP contribution < -0.4 is 10.4 Å².